The summed E-state index contributed by atoms with van der Waals surface area (Å²) in [6, 6.07) is 15.3. The smallest absolute Gasteiger partial charge is 0.412 e. The monoisotopic (exact) mass is 398 g/mol. The third kappa shape index (κ3) is 4.80. The Morgan fingerprint density at radius 3 is 2.54 bits per heavy atom. The maximum absolute atomic E-state index is 12.1. The second-order valence-electron chi connectivity index (χ2n) is 5.99. The van der Waals surface area contributed by atoms with Crippen LogP contribution < -0.4 is 14.8 Å². The van der Waals surface area contributed by atoms with E-state index in [1.165, 1.54) is 11.3 Å². The molecule has 1 heterocycles. The van der Waals surface area contributed by atoms with Gasteiger partial charge in [0.05, 0.1) is 32.1 Å². The predicted molar refractivity (Wildman–Crippen MR) is 111 cm³/mol. The number of hydrogen-bond donors (Lipinski definition) is 1. The second-order valence-corrected chi connectivity index (χ2v) is 6.99. The van der Waals surface area contributed by atoms with Crippen molar-refractivity contribution in [3.8, 4) is 22.1 Å². The van der Waals surface area contributed by atoms with Gasteiger partial charge in [0.2, 0.25) is 0 Å². The average Bonchev–Trinajstić information content (AvgIpc) is 3.08. The van der Waals surface area contributed by atoms with Crippen molar-refractivity contribution in [2.24, 2.45) is 0 Å². The van der Waals surface area contributed by atoms with Crippen molar-refractivity contribution in [1.82, 2.24) is 4.98 Å². The molecule has 28 heavy (non-hydrogen) atoms. The molecule has 0 atom stereocenters. The van der Waals surface area contributed by atoms with E-state index in [0.717, 1.165) is 33.3 Å². The van der Waals surface area contributed by atoms with Crippen molar-refractivity contribution < 1.29 is 19.0 Å². The minimum absolute atomic E-state index is 0.287. The lowest BCUT2D eigenvalue weighted by molar-refractivity contribution is 0.163. The number of rotatable bonds is 7. The molecule has 0 saturated heterocycles. The van der Waals surface area contributed by atoms with Crippen LogP contribution >= 0.6 is 11.3 Å². The lowest BCUT2D eigenvalue weighted by Gasteiger charge is -2.07. The van der Waals surface area contributed by atoms with E-state index in [2.05, 4.69) is 10.3 Å². The number of nitrogens with one attached hydrogen (secondary N) is 1. The molecule has 3 rings (SSSR count). The summed E-state index contributed by atoms with van der Waals surface area (Å²) in [6.45, 7) is 2.14. The maximum Gasteiger partial charge on any atom is 0.412 e. The predicted octanol–water partition coefficient (Wildman–Crippen LogP) is 4.93. The fourth-order valence-corrected chi connectivity index (χ4v) is 3.61. The Hall–Kier alpha value is -3.06. The topological polar surface area (TPSA) is 69.7 Å². The molecule has 6 nitrogen and oxygen atoms in total. The van der Waals surface area contributed by atoms with Crippen molar-refractivity contribution >= 4 is 22.4 Å². The van der Waals surface area contributed by atoms with Crippen LogP contribution in [0.25, 0.3) is 10.6 Å². The highest BCUT2D eigenvalue weighted by atomic mass is 32.1. The molecule has 0 radical (unpaired) electrons. The van der Waals surface area contributed by atoms with Crippen LogP contribution in [0.15, 0.2) is 48.5 Å². The van der Waals surface area contributed by atoms with Crippen LogP contribution in [0.1, 0.15) is 11.3 Å². The van der Waals surface area contributed by atoms with Crippen LogP contribution in [0.3, 0.4) is 0 Å². The Labute approximate surface area is 168 Å². The van der Waals surface area contributed by atoms with Crippen molar-refractivity contribution in [2.45, 2.75) is 13.3 Å². The van der Waals surface area contributed by atoms with Crippen LogP contribution in [0.4, 0.5) is 9.80 Å². The zero-order valence-electron chi connectivity index (χ0n) is 16.0. The number of methoxy groups -OCH3 is 2. The number of anilines is 1. The summed E-state index contributed by atoms with van der Waals surface area (Å²) in [4.78, 5) is 16.7. The van der Waals surface area contributed by atoms with E-state index in [1.54, 1.807) is 14.2 Å². The Morgan fingerprint density at radius 2 is 1.82 bits per heavy atom. The van der Waals surface area contributed by atoms with E-state index in [-0.39, 0.29) is 6.61 Å². The minimum Gasteiger partial charge on any atom is -0.497 e. The van der Waals surface area contributed by atoms with E-state index in [9.17, 15) is 4.79 Å². The summed E-state index contributed by atoms with van der Waals surface area (Å²) in [5.74, 6) is 1.54. The fraction of sp³-hybridized carbons (Fsp3) is 0.238. The molecule has 146 valence electrons. The van der Waals surface area contributed by atoms with Gasteiger partial charge in [0.15, 0.2) is 0 Å². The van der Waals surface area contributed by atoms with Crippen LogP contribution in [-0.2, 0) is 11.2 Å². The van der Waals surface area contributed by atoms with Gasteiger partial charge in [-0.25, -0.2) is 9.78 Å². The minimum atomic E-state index is -0.494. The molecule has 7 heteroatoms. The molecule has 1 aromatic heterocycles. The van der Waals surface area contributed by atoms with Crippen LogP contribution in [-0.4, -0.2) is 31.9 Å². The van der Waals surface area contributed by atoms with Crippen molar-refractivity contribution in [3.05, 3.63) is 59.8 Å². The number of ether oxygens (including phenoxy) is 3. The molecule has 0 fully saturated rings. The van der Waals surface area contributed by atoms with Gasteiger partial charge in [-0.2, -0.15) is 0 Å². The second kappa shape index (κ2) is 9.23. The number of hydrogen-bond acceptors (Lipinski definition) is 6. The number of aryl methyl sites for hydroxylation is 1. The van der Waals surface area contributed by atoms with Gasteiger partial charge in [0.1, 0.15) is 21.5 Å². The van der Waals surface area contributed by atoms with E-state index in [4.69, 9.17) is 14.2 Å². The molecule has 0 spiro atoms. The van der Waals surface area contributed by atoms with E-state index in [0.29, 0.717) is 11.4 Å². The van der Waals surface area contributed by atoms with Gasteiger partial charge in [-0.3, -0.25) is 5.32 Å². The first-order valence-electron chi connectivity index (χ1n) is 8.78. The van der Waals surface area contributed by atoms with Crippen molar-refractivity contribution in [1.29, 1.82) is 0 Å². The number of para-hydroxylation sites is 1. The summed E-state index contributed by atoms with van der Waals surface area (Å²) in [5, 5.41) is 4.22. The standard InChI is InChI=1S/C21H22N2O4S/c1-14-19(28-20(22-14)17-6-4-5-7-18(17)26-3)23-21(24)27-13-12-15-8-10-16(25-2)11-9-15/h4-11H,12-13H2,1-3H3,(H,23,24). The van der Waals surface area contributed by atoms with Crippen LogP contribution in [0.2, 0.25) is 0 Å². The Balaban J connectivity index is 1.57. The fourth-order valence-electron chi connectivity index (χ4n) is 2.63. The summed E-state index contributed by atoms with van der Waals surface area (Å²) < 4.78 is 15.8. The first-order valence-corrected chi connectivity index (χ1v) is 9.60. The molecular formula is C21H22N2O4S. The molecule has 0 saturated carbocycles. The van der Waals surface area contributed by atoms with Crippen molar-refractivity contribution in [3.63, 3.8) is 0 Å². The number of aromatic nitrogens is 1. The normalized spacial score (nSPS) is 10.4. The molecule has 1 N–H and O–H groups in total. The van der Waals surface area contributed by atoms with Gasteiger partial charge < -0.3 is 14.2 Å². The number of carbonyl (C=O) groups is 1. The third-order valence-electron chi connectivity index (χ3n) is 4.13. The SMILES string of the molecule is COc1ccc(CCOC(=O)Nc2sc(-c3ccccc3OC)nc2C)cc1. The molecule has 2 aromatic carbocycles. The lowest BCUT2D eigenvalue weighted by Crippen LogP contribution is -2.15. The molecule has 0 unspecified atom stereocenters. The number of carbonyl (C=O) groups excluding carboxylic acids is 1. The largest absolute Gasteiger partial charge is 0.497 e. The lowest BCUT2D eigenvalue weighted by atomic mass is 10.1. The quantitative estimate of drug-likeness (QED) is 0.611. The highest BCUT2D eigenvalue weighted by Crippen LogP contribution is 2.36. The van der Waals surface area contributed by atoms with Crippen molar-refractivity contribution in [2.75, 3.05) is 26.1 Å². The highest BCUT2D eigenvalue weighted by Gasteiger charge is 2.15. The first kappa shape index (κ1) is 19.7. The molecular weight excluding hydrogens is 376 g/mol. The van der Waals surface area contributed by atoms with Gasteiger partial charge >= 0.3 is 6.09 Å². The van der Waals surface area contributed by atoms with E-state index < -0.39 is 6.09 Å². The molecule has 0 aliphatic heterocycles. The van der Waals surface area contributed by atoms with Gasteiger partial charge in [0, 0.05) is 6.42 Å². The summed E-state index contributed by atoms with van der Waals surface area (Å²) in [7, 11) is 3.25. The zero-order valence-corrected chi connectivity index (χ0v) is 16.8. The molecule has 0 bridgehead atoms. The molecule has 0 aliphatic carbocycles. The van der Waals surface area contributed by atoms with E-state index >= 15 is 0 Å². The average molecular weight is 398 g/mol. The van der Waals surface area contributed by atoms with Gasteiger partial charge in [0.25, 0.3) is 0 Å². The third-order valence-corrected chi connectivity index (χ3v) is 5.24. The molecule has 3 aromatic rings. The maximum atomic E-state index is 12.1. The zero-order chi connectivity index (χ0) is 19.9. The number of thiazole rings is 1. The first-order chi connectivity index (χ1) is 13.6. The number of nitrogens with zero attached hydrogens (tertiary/aromatic N) is 1. The summed E-state index contributed by atoms with van der Waals surface area (Å²) in [6.07, 6.45) is 0.137. The van der Waals surface area contributed by atoms with Crippen LogP contribution in [0.5, 0.6) is 11.5 Å². The molecule has 1 amide bonds. The van der Waals surface area contributed by atoms with Crippen LogP contribution in [0, 0.1) is 6.92 Å². The Bertz CT molecular complexity index is 938. The van der Waals surface area contributed by atoms with Gasteiger partial charge in [-0.1, -0.05) is 35.6 Å². The number of amides is 1. The Morgan fingerprint density at radius 1 is 1.07 bits per heavy atom. The van der Waals surface area contributed by atoms with Gasteiger partial charge in [-0.05, 0) is 36.8 Å². The highest BCUT2D eigenvalue weighted by molar-refractivity contribution is 7.19. The van der Waals surface area contributed by atoms with Gasteiger partial charge in [-0.15, -0.1) is 0 Å². The number of benzene rings is 2. The Kier molecular flexibility index (Phi) is 6.49. The summed E-state index contributed by atoms with van der Waals surface area (Å²) >= 11 is 1.39. The molecule has 0 aliphatic rings. The summed E-state index contributed by atoms with van der Waals surface area (Å²) in [5.41, 5.74) is 2.69. The van der Waals surface area contributed by atoms with E-state index in [1.807, 2.05) is 55.5 Å².